The highest BCUT2D eigenvalue weighted by Crippen LogP contribution is 2.18. The lowest BCUT2D eigenvalue weighted by Crippen LogP contribution is -2.27. The van der Waals surface area contributed by atoms with Crippen molar-refractivity contribution in [3.8, 4) is 0 Å². The molecule has 0 aliphatic rings. The second-order valence-corrected chi connectivity index (χ2v) is 6.26. The van der Waals surface area contributed by atoms with Gasteiger partial charge in [0.15, 0.2) is 0 Å². The zero-order valence-corrected chi connectivity index (χ0v) is 12.2. The third-order valence-corrected chi connectivity index (χ3v) is 4.52. The van der Waals surface area contributed by atoms with Crippen molar-refractivity contribution >= 4 is 16.0 Å². The molecular weight excluding hydrogens is 296 g/mol. The van der Waals surface area contributed by atoms with Gasteiger partial charge in [0.25, 0.3) is 0 Å². The number of hydrogen-bond acceptors (Lipinski definition) is 5. The first-order chi connectivity index (χ1) is 9.81. The Morgan fingerprint density at radius 3 is 2.67 bits per heavy atom. The van der Waals surface area contributed by atoms with Crippen LogP contribution in [0.5, 0.6) is 0 Å². The fourth-order valence-corrected chi connectivity index (χ4v) is 3.05. The molecule has 1 heterocycles. The smallest absolute Gasteiger partial charge is 0.335 e. The third kappa shape index (κ3) is 3.29. The van der Waals surface area contributed by atoms with Gasteiger partial charge in [-0.05, 0) is 31.5 Å². The van der Waals surface area contributed by atoms with Crippen molar-refractivity contribution in [2.75, 3.05) is 0 Å². The van der Waals surface area contributed by atoms with Crippen molar-refractivity contribution < 1.29 is 22.8 Å². The lowest BCUT2D eigenvalue weighted by atomic mass is 10.1. The van der Waals surface area contributed by atoms with Crippen molar-refractivity contribution in [2.45, 2.75) is 24.8 Å². The predicted molar refractivity (Wildman–Crippen MR) is 73.4 cm³/mol. The summed E-state index contributed by atoms with van der Waals surface area (Å²) in [5, 5.41) is 12.7. The molecule has 0 saturated heterocycles. The fourth-order valence-electron chi connectivity index (χ4n) is 1.81. The van der Waals surface area contributed by atoms with Crippen molar-refractivity contribution in [1.82, 2.24) is 9.88 Å². The molecule has 112 valence electrons. The van der Waals surface area contributed by atoms with Gasteiger partial charge >= 0.3 is 5.97 Å². The van der Waals surface area contributed by atoms with E-state index in [0.29, 0.717) is 11.3 Å². The SMILES string of the molecule is Cc1ccc(S(=O)(=O)NC(C)c2ccon2)cc1C(=O)O. The van der Waals surface area contributed by atoms with E-state index in [1.54, 1.807) is 19.9 Å². The Balaban J connectivity index is 2.32. The molecule has 0 aliphatic heterocycles. The molecule has 7 nitrogen and oxygen atoms in total. The summed E-state index contributed by atoms with van der Waals surface area (Å²) >= 11 is 0. The first-order valence-electron chi connectivity index (χ1n) is 6.08. The molecule has 1 atom stereocenters. The number of benzene rings is 1. The minimum Gasteiger partial charge on any atom is -0.478 e. The molecule has 2 rings (SSSR count). The van der Waals surface area contributed by atoms with Crippen LogP contribution in [0.2, 0.25) is 0 Å². The lowest BCUT2D eigenvalue weighted by molar-refractivity contribution is 0.0696. The summed E-state index contributed by atoms with van der Waals surface area (Å²) in [6, 6.07) is 4.90. The van der Waals surface area contributed by atoms with Crippen LogP contribution in [0.3, 0.4) is 0 Å². The number of nitrogens with zero attached hydrogens (tertiary/aromatic N) is 1. The van der Waals surface area contributed by atoms with E-state index >= 15 is 0 Å². The van der Waals surface area contributed by atoms with Crippen LogP contribution in [0.1, 0.15) is 34.6 Å². The largest absolute Gasteiger partial charge is 0.478 e. The summed E-state index contributed by atoms with van der Waals surface area (Å²) in [5.41, 5.74) is 0.877. The van der Waals surface area contributed by atoms with Crippen LogP contribution in [-0.4, -0.2) is 24.7 Å². The molecule has 1 aromatic carbocycles. The van der Waals surface area contributed by atoms with Gasteiger partial charge in [-0.25, -0.2) is 17.9 Å². The predicted octanol–water partition coefficient (Wildman–Crippen LogP) is 1.72. The van der Waals surface area contributed by atoms with Crippen molar-refractivity contribution in [1.29, 1.82) is 0 Å². The maximum Gasteiger partial charge on any atom is 0.335 e. The van der Waals surface area contributed by atoms with Crippen LogP contribution in [0.15, 0.2) is 39.9 Å². The Bertz CT molecular complexity index is 753. The zero-order valence-electron chi connectivity index (χ0n) is 11.4. The van der Waals surface area contributed by atoms with E-state index < -0.39 is 22.0 Å². The van der Waals surface area contributed by atoms with Crippen LogP contribution < -0.4 is 4.72 Å². The molecule has 8 heteroatoms. The number of carboxylic acids is 1. The van der Waals surface area contributed by atoms with Crippen LogP contribution in [0.25, 0.3) is 0 Å². The van der Waals surface area contributed by atoms with E-state index in [-0.39, 0.29) is 10.5 Å². The normalized spacial score (nSPS) is 13.0. The minimum absolute atomic E-state index is 0.0491. The number of hydrogen-bond donors (Lipinski definition) is 2. The van der Waals surface area contributed by atoms with Gasteiger partial charge in [0.1, 0.15) is 12.0 Å². The van der Waals surface area contributed by atoms with E-state index in [2.05, 4.69) is 14.4 Å². The van der Waals surface area contributed by atoms with Gasteiger partial charge in [0.2, 0.25) is 10.0 Å². The van der Waals surface area contributed by atoms with E-state index in [4.69, 9.17) is 5.11 Å². The second-order valence-electron chi connectivity index (χ2n) is 4.55. The first kappa shape index (κ1) is 15.2. The molecule has 0 aliphatic carbocycles. The van der Waals surface area contributed by atoms with E-state index in [1.807, 2.05) is 0 Å². The molecule has 0 radical (unpaired) electrons. The summed E-state index contributed by atoms with van der Waals surface area (Å²) < 4.78 is 31.6. The molecule has 1 unspecified atom stereocenters. The van der Waals surface area contributed by atoms with Crippen molar-refractivity contribution in [3.63, 3.8) is 0 Å². The number of aromatic carboxylic acids is 1. The molecule has 1 aromatic heterocycles. The highest BCUT2D eigenvalue weighted by atomic mass is 32.2. The number of carboxylic acid groups (broad SMARTS) is 1. The van der Waals surface area contributed by atoms with E-state index in [0.717, 1.165) is 6.07 Å². The topological polar surface area (TPSA) is 110 Å². The fraction of sp³-hybridized carbons (Fsp3) is 0.231. The van der Waals surface area contributed by atoms with E-state index in [1.165, 1.54) is 18.4 Å². The highest BCUT2D eigenvalue weighted by molar-refractivity contribution is 7.89. The van der Waals surface area contributed by atoms with Crippen LogP contribution in [0.4, 0.5) is 0 Å². The van der Waals surface area contributed by atoms with Crippen LogP contribution in [0, 0.1) is 6.92 Å². The van der Waals surface area contributed by atoms with Gasteiger partial charge < -0.3 is 9.63 Å². The Morgan fingerprint density at radius 1 is 1.38 bits per heavy atom. The number of rotatable bonds is 5. The van der Waals surface area contributed by atoms with Crippen molar-refractivity contribution in [3.05, 3.63) is 47.3 Å². The summed E-state index contributed by atoms with van der Waals surface area (Å²) in [4.78, 5) is 11.0. The maximum absolute atomic E-state index is 12.3. The van der Waals surface area contributed by atoms with Gasteiger partial charge in [-0.15, -0.1) is 0 Å². The third-order valence-electron chi connectivity index (χ3n) is 2.98. The molecule has 0 spiro atoms. The Morgan fingerprint density at radius 2 is 2.10 bits per heavy atom. The second kappa shape index (κ2) is 5.66. The van der Waals surface area contributed by atoms with Crippen molar-refractivity contribution in [2.24, 2.45) is 0 Å². The van der Waals surface area contributed by atoms with Gasteiger partial charge in [0, 0.05) is 6.07 Å². The summed E-state index contributed by atoms with van der Waals surface area (Å²) in [6.07, 6.45) is 1.34. The summed E-state index contributed by atoms with van der Waals surface area (Å²) in [7, 11) is -3.85. The summed E-state index contributed by atoms with van der Waals surface area (Å²) in [5.74, 6) is -1.17. The molecule has 2 N–H and O–H groups in total. The quantitative estimate of drug-likeness (QED) is 0.870. The zero-order chi connectivity index (χ0) is 15.6. The molecule has 0 bridgehead atoms. The van der Waals surface area contributed by atoms with Gasteiger partial charge in [-0.2, -0.15) is 0 Å². The monoisotopic (exact) mass is 310 g/mol. The van der Waals surface area contributed by atoms with Gasteiger partial charge in [-0.3, -0.25) is 0 Å². The molecule has 2 aromatic rings. The summed E-state index contributed by atoms with van der Waals surface area (Å²) in [6.45, 7) is 3.22. The average Bonchev–Trinajstić information content (AvgIpc) is 2.92. The lowest BCUT2D eigenvalue weighted by Gasteiger charge is -2.12. The minimum atomic E-state index is -3.85. The van der Waals surface area contributed by atoms with Gasteiger partial charge in [-0.1, -0.05) is 11.2 Å². The van der Waals surface area contributed by atoms with Crippen LogP contribution >= 0.6 is 0 Å². The average molecular weight is 310 g/mol. The Kier molecular flexibility index (Phi) is 4.10. The number of sulfonamides is 1. The molecule has 0 fully saturated rings. The molecule has 0 saturated carbocycles. The molecular formula is C13H14N2O5S. The number of aryl methyl sites for hydroxylation is 1. The number of nitrogens with one attached hydrogen (secondary N) is 1. The van der Waals surface area contributed by atoms with E-state index in [9.17, 15) is 13.2 Å². The van der Waals surface area contributed by atoms with Crippen LogP contribution in [-0.2, 0) is 10.0 Å². The Hall–Kier alpha value is -2.19. The maximum atomic E-state index is 12.3. The molecule has 0 amide bonds. The number of aromatic nitrogens is 1. The highest BCUT2D eigenvalue weighted by Gasteiger charge is 2.21. The van der Waals surface area contributed by atoms with Gasteiger partial charge in [0.05, 0.1) is 16.5 Å². The molecule has 21 heavy (non-hydrogen) atoms. The standard InChI is InChI=1S/C13H14N2O5S/c1-8-3-4-10(7-11(8)13(16)17)21(18,19)15-9(2)12-5-6-20-14-12/h3-7,9,15H,1-2H3,(H,16,17). The first-order valence-corrected chi connectivity index (χ1v) is 7.56. The number of carbonyl (C=O) groups is 1. The Labute approximate surface area is 121 Å².